The minimum Gasteiger partial charge on any atom is -0.497 e. The van der Waals surface area contributed by atoms with Crippen LogP contribution in [0.5, 0.6) is 11.5 Å². The Morgan fingerprint density at radius 2 is 1.88 bits per heavy atom. The largest absolute Gasteiger partial charge is 0.497 e. The normalized spacial score (nSPS) is 15.4. The zero-order valence-electron chi connectivity index (χ0n) is 14.6. The molecule has 0 spiro atoms. The van der Waals surface area contributed by atoms with Crippen molar-refractivity contribution in [2.45, 2.75) is 51.2 Å². The van der Waals surface area contributed by atoms with Gasteiger partial charge in [0.15, 0.2) is 5.76 Å². The average molecular weight is 343 g/mol. The van der Waals surface area contributed by atoms with E-state index in [1.807, 2.05) is 24.3 Å². The fourth-order valence-electron chi connectivity index (χ4n) is 3.10. The quantitative estimate of drug-likeness (QED) is 0.794. The first-order valence-electron chi connectivity index (χ1n) is 8.91. The summed E-state index contributed by atoms with van der Waals surface area (Å²) in [5, 5.41) is 3.09. The van der Waals surface area contributed by atoms with Gasteiger partial charge in [-0.15, -0.1) is 0 Å². The van der Waals surface area contributed by atoms with Crippen molar-refractivity contribution in [3.8, 4) is 11.5 Å². The van der Waals surface area contributed by atoms with E-state index >= 15 is 0 Å². The number of ether oxygens (including phenoxy) is 2. The topological polar surface area (TPSA) is 60.7 Å². The Balaban J connectivity index is 1.53. The Kier molecular flexibility index (Phi) is 5.99. The summed E-state index contributed by atoms with van der Waals surface area (Å²) in [6, 6.07) is 11.1. The number of benzene rings is 1. The predicted molar refractivity (Wildman–Crippen MR) is 95.0 cm³/mol. The van der Waals surface area contributed by atoms with Crippen molar-refractivity contribution in [3.63, 3.8) is 0 Å². The van der Waals surface area contributed by atoms with Gasteiger partial charge >= 0.3 is 0 Å². The number of carbonyl (C=O) groups is 1. The highest BCUT2D eigenvalue weighted by Gasteiger charge is 2.18. The molecular formula is C20H25NO4. The van der Waals surface area contributed by atoms with Crippen molar-refractivity contribution in [2.24, 2.45) is 0 Å². The number of furan rings is 1. The Morgan fingerprint density at radius 3 is 2.64 bits per heavy atom. The molecule has 0 unspecified atom stereocenters. The van der Waals surface area contributed by atoms with Crippen LogP contribution in [-0.2, 0) is 6.61 Å². The first-order valence-corrected chi connectivity index (χ1v) is 8.91. The van der Waals surface area contributed by atoms with Crippen LogP contribution in [0.1, 0.15) is 54.8 Å². The molecular weight excluding hydrogens is 318 g/mol. The predicted octanol–water partition coefficient (Wildman–Crippen LogP) is 4.32. The van der Waals surface area contributed by atoms with E-state index in [0.717, 1.165) is 18.6 Å². The highest BCUT2D eigenvalue weighted by Crippen LogP contribution is 2.21. The number of nitrogens with one attached hydrogen (secondary N) is 1. The van der Waals surface area contributed by atoms with Gasteiger partial charge in [-0.25, -0.2) is 0 Å². The van der Waals surface area contributed by atoms with Gasteiger partial charge in [0.1, 0.15) is 23.9 Å². The molecule has 134 valence electrons. The van der Waals surface area contributed by atoms with Crippen LogP contribution in [0.15, 0.2) is 40.8 Å². The summed E-state index contributed by atoms with van der Waals surface area (Å²) in [5.74, 6) is 2.25. The van der Waals surface area contributed by atoms with Crippen molar-refractivity contribution in [1.82, 2.24) is 5.32 Å². The SMILES string of the molecule is COc1cccc(OCc2ccc(C(=O)NC3CCCCCC3)o2)c1. The number of amides is 1. The van der Waals surface area contributed by atoms with Crippen molar-refractivity contribution in [3.05, 3.63) is 47.9 Å². The molecule has 25 heavy (non-hydrogen) atoms. The van der Waals surface area contributed by atoms with Crippen LogP contribution >= 0.6 is 0 Å². The van der Waals surface area contributed by atoms with Gasteiger partial charge in [-0.2, -0.15) is 0 Å². The van der Waals surface area contributed by atoms with Crippen LogP contribution in [0.3, 0.4) is 0 Å². The molecule has 0 saturated heterocycles. The van der Waals surface area contributed by atoms with E-state index in [4.69, 9.17) is 13.9 Å². The van der Waals surface area contributed by atoms with Crippen molar-refractivity contribution >= 4 is 5.91 Å². The lowest BCUT2D eigenvalue weighted by atomic mass is 10.1. The van der Waals surface area contributed by atoms with Crippen LogP contribution in [0, 0.1) is 0 Å². The molecule has 1 aromatic heterocycles. The first-order chi connectivity index (χ1) is 12.2. The molecule has 1 heterocycles. The van der Waals surface area contributed by atoms with Gasteiger partial charge in [-0.3, -0.25) is 4.79 Å². The zero-order chi connectivity index (χ0) is 17.5. The summed E-state index contributed by atoms with van der Waals surface area (Å²) >= 11 is 0. The maximum atomic E-state index is 12.3. The van der Waals surface area contributed by atoms with Gasteiger partial charge in [-0.05, 0) is 37.1 Å². The van der Waals surface area contributed by atoms with E-state index < -0.39 is 0 Å². The minimum absolute atomic E-state index is 0.139. The molecule has 1 amide bonds. The third-order valence-electron chi connectivity index (χ3n) is 4.50. The second-order valence-electron chi connectivity index (χ2n) is 6.40. The van der Waals surface area contributed by atoms with Gasteiger partial charge in [0.25, 0.3) is 5.91 Å². The maximum Gasteiger partial charge on any atom is 0.287 e. The summed E-state index contributed by atoms with van der Waals surface area (Å²) in [7, 11) is 1.62. The lowest BCUT2D eigenvalue weighted by molar-refractivity contribution is 0.0901. The molecule has 5 heteroatoms. The second kappa shape index (κ2) is 8.60. The van der Waals surface area contributed by atoms with Gasteiger partial charge in [-0.1, -0.05) is 31.7 Å². The number of hydrogen-bond acceptors (Lipinski definition) is 4. The van der Waals surface area contributed by atoms with Crippen molar-refractivity contribution in [2.75, 3.05) is 7.11 Å². The third kappa shape index (κ3) is 5.02. The van der Waals surface area contributed by atoms with Crippen molar-refractivity contribution < 1.29 is 18.7 Å². The van der Waals surface area contributed by atoms with Gasteiger partial charge < -0.3 is 19.2 Å². The molecule has 0 atom stereocenters. The first kappa shape index (κ1) is 17.4. The molecule has 1 saturated carbocycles. The fourth-order valence-corrected chi connectivity index (χ4v) is 3.10. The number of rotatable bonds is 6. The van der Waals surface area contributed by atoms with Crippen LogP contribution in [0.2, 0.25) is 0 Å². The minimum atomic E-state index is -0.139. The van der Waals surface area contributed by atoms with Crippen molar-refractivity contribution in [1.29, 1.82) is 0 Å². The lowest BCUT2D eigenvalue weighted by Gasteiger charge is -2.15. The van der Waals surface area contributed by atoms with Gasteiger partial charge in [0.05, 0.1) is 7.11 Å². The highest BCUT2D eigenvalue weighted by atomic mass is 16.5. The molecule has 5 nitrogen and oxygen atoms in total. The molecule has 1 aromatic carbocycles. The van der Waals surface area contributed by atoms with E-state index in [9.17, 15) is 4.79 Å². The van der Waals surface area contributed by atoms with E-state index in [1.54, 1.807) is 19.2 Å². The molecule has 1 fully saturated rings. The van der Waals surface area contributed by atoms with E-state index in [2.05, 4.69) is 5.32 Å². The molecule has 3 rings (SSSR count). The van der Waals surface area contributed by atoms with Crippen LogP contribution < -0.4 is 14.8 Å². The third-order valence-corrected chi connectivity index (χ3v) is 4.50. The summed E-state index contributed by atoms with van der Waals surface area (Å²) in [5.41, 5.74) is 0. The fraction of sp³-hybridized carbons (Fsp3) is 0.450. The average Bonchev–Trinajstić information content (AvgIpc) is 2.97. The monoisotopic (exact) mass is 343 g/mol. The Hall–Kier alpha value is -2.43. The van der Waals surface area contributed by atoms with Crippen LogP contribution in [-0.4, -0.2) is 19.1 Å². The van der Waals surface area contributed by atoms with E-state index in [1.165, 1.54) is 25.7 Å². The standard InChI is InChI=1S/C20H25NO4/c1-23-16-9-6-10-17(13-16)24-14-18-11-12-19(25-18)20(22)21-15-7-4-2-3-5-8-15/h6,9-13,15H,2-5,7-8,14H2,1H3,(H,21,22). The number of carbonyl (C=O) groups excluding carboxylic acids is 1. The summed E-state index contributed by atoms with van der Waals surface area (Å²) in [4.78, 5) is 12.3. The number of methoxy groups -OCH3 is 1. The Labute approximate surface area is 148 Å². The summed E-state index contributed by atoms with van der Waals surface area (Å²) < 4.78 is 16.5. The Morgan fingerprint density at radius 1 is 1.12 bits per heavy atom. The molecule has 0 aliphatic heterocycles. The zero-order valence-corrected chi connectivity index (χ0v) is 14.6. The summed E-state index contributed by atoms with van der Waals surface area (Å²) in [6.07, 6.45) is 7.00. The lowest BCUT2D eigenvalue weighted by Crippen LogP contribution is -2.34. The van der Waals surface area contributed by atoms with E-state index in [-0.39, 0.29) is 18.6 Å². The smallest absolute Gasteiger partial charge is 0.287 e. The highest BCUT2D eigenvalue weighted by molar-refractivity contribution is 5.91. The molecule has 2 aromatic rings. The Bertz CT molecular complexity index is 687. The molecule has 1 aliphatic carbocycles. The number of hydrogen-bond donors (Lipinski definition) is 1. The van der Waals surface area contributed by atoms with E-state index in [0.29, 0.717) is 17.3 Å². The van der Waals surface area contributed by atoms with Crippen LogP contribution in [0.4, 0.5) is 0 Å². The molecule has 1 N–H and O–H groups in total. The molecule has 1 aliphatic rings. The second-order valence-corrected chi connectivity index (χ2v) is 6.40. The summed E-state index contributed by atoms with van der Waals surface area (Å²) in [6.45, 7) is 0.268. The van der Waals surface area contributed by atoms with Gasteiger partial charge in [0.2, 0.25) is 0 Å². The molecule has 0 radical (unpaired) electrons. The maximum absolute atomic E-state index is 12.3. The van der Waals surface area contributed by atoms with Crippen LogP contribution in [0.25, 0.3) is 0 Å². The van der Waals surface area contributed by atoms with Gasteiger partial charge in [0, 0.05) is 12.1 Å². The molecule has 0 bridgehead atoms.